The second-order valence-corrected chi connectivity index (χ2v) is 4.49. The van der Waals surface area contributed by atoms with Gasteiger partial charge >= 0.3 is 5.97 Å². The largest absolute Gasteiger partial charge is 0.478 e. The second-order valence-electron chi connectivity index (χ2n) is 3.50. The number of aryl methyl sites for hydroxylation is 1. The molecule has 0 aromatic carbocycles. The molecule has 6 heteroatoms. The normalized spacial score (nSPS) is 10.4. The quantitative estimate of drug-likeness (QED) is 0.837. The van der Waals surface area contributed by atoms with Crippen LogP contribution < -0.4 is 0 Å². The number of rotatable bonds is 4. The Bertz CT molecular complexity index is 539. The van der Waals surface area contributed by atoms with Crippen molar-refractivity contribution in [2.24, 2.45) is 7.05 Å². The van der Waals surface area contributed by atoms with Crippen molar-refractivity contribution in [3.05, 3.63) is 41.9 Å². The van der Waals surface area contributed by atoms with Gasteiger partial charge in [-0.05, 0) is 12.1 Å². The molecule has 0 aliphatic carbocycles. The second kappa shape index (κ2) is 5.01. The Balaban J connectivity index is 2.04. The van der Waals surface area contributed by atoms with E-state index in [0.717, 1.165) is 11.3 Å². The van der Waals surface area contributed by atoms with Gasteiger partial charge in [0.25, 0.3) is 0 Å². The molecule has 0 aliphatic heterocycles. The fourth-order valence-electron chi connectivity index (χ4n) is 1.33. The van der Waals surface area contributed by atoms with Crippen molar-refractivity contribution in [1.82, 2.24) is 14.8 Å². The first-order valence-electron chi connectivity index (χ1n) is 4.95. The van der Waals surface area contributed by atoms with Crippen LogP contribution in [0.4, 0.5) is 0 Å². The SMILES string of the molecule is Cn1cc(CSc2cc(C(=O)O)ccn2)cn1. The van der Waals surface area contributed by atoms with Gasteiger partial charge in [0, 0.05) is 30.8 Å². The topological polar surface area (TPSA) is 68.0 Å². The molecule has 88 valence electrons. The van der Waals surface area contributed by atoms with Crippen LogP contribution in [0.5, 0.6) is 0 Å². The van der Waals surface area contributed by atoms with Gasteiger partial charge in [-0.15, -0.1) is 11.8 Å². The average molecular weight is 249 g/mol. The van der Waals surface area contributed by atoms with Gasteiger partial charge in [-0.3, -0.25) is 4.68 Å². The summed E-state index contributed by atoms with van der Waals surface area (Å²) in [4.78, 5) is 14.9. The summed E-state index contributed by atoms with van der Waals surface area (Å²) in [6.45, 7) is 0. The zero-order chi connectivity index (χ0) is 12.3. The first kappa shape index (κ1) is 11.7. The van der Waals surface area contributed by atoms with Gasteiger partial charge < -0.3 is 5.11 Å². The summed E-state index contributed by atoms with van der Waals surface area (Å²) in [6.07, 6.45) is 5.22. The number of hydrogen-bond acceptors (Lipinski definition) is 4. The van der Waals surface area contributed by atoms with Crippen LogP contribution in [0.15, 0.2) is 35.7 Å². The highest BCUT2D eigenvalue weighted by molar-refractivity contribution is 7.98. The molecule has 0 spiro atoms. The summed E-state index contributed by atoms with van der Waals surface area (Å²) in [5.41, 5.74) is 1.34. The van der Waals surface area contributed by atoms with Gasteiger partial charge in [-0.2, -0.15) is 5.10 Å². The predicted molar refractivity (Wildman–Crippen MR) is 64.0 cm³/mol. The molecule has 0 atom stereocenters. The minimum atomic E-state index is -0.935. The van der Waals surface area contributed by atoms with Gasteiger partial charge in [0.05, 0.1) is 16.8 Å². The van der Waals surface area contributed by atoms with Crippen molar-refractivity contribution in [3.8, 4) is 0 Å². The molecule has 17 heavy (non-hydrogen) atoms. The van der Waals surface area contributed by atoms with Gasteiger partial charge in [-0.1, -0.05) is 0 Å². The Kier molecular flexibility index (Phi) is 3.43. The number of hydrogen-bond donors (Lipinski definition) is 1. The van der Waals surface area contributed by atoms with E-state index in [1.807, 2.05) is 13.2 Å². The van der Waals surface area contributed by atoms with Crippen molar-refractivity contribution in [2.45, 2.75) is 10.8 Å². The lowest BCUT2D eigenvalue weighted by molar-refractivity contribution is 0.0696. The van der Waals surface area contributed by atoms with Crippen molar-refractivity contribution >= 4 is 17.7 Å². The number of carboxylic acid groups (broad SMARTS) is 1. The maximum atomic E-state index is 10.8. The molecule has 0 bridgehead atoms. The fraction of sp³-hybridized carbons (Fsp3) is 0.182. The van der Waals surface area contributed by atoms with Crippen LogP contribution in [0.3, 0.4) is 0 Å². The Morgan fingerprint density at radius 3 is 3.06 bits per heavy atom. The first-order chi connectivity index (χ1) is 8.15. The van der Waals surface area contributed by atoms with E-state index >= 15 is 0 Å². The van der Waals surface area contributed by atoms with Crippen LogP contribution in [-0.2, 0) is 12.8 Å². The molecule has 2 aromatic heterocycles. The smallest absolute Gasteiger partial charge is 0.335 e. The summed E-state index contributed by atoms with van der Waals surface area (Å²) >= 11 is 1.49. The summed E-state index contributed by atoms with van der Waals surface area (Å²) in [5, 5.41) is 13.6. The van der Waals surface area contributed by atoms with Crippen molar-refractivity contribution in [3.63, 3.8) is 0 Å². The van der Waals surface area contributed by atoms with Crippen molar-refractivity contribution in [1.29, 1.82) is 0 Å². The fourth-order valence-corrected chi connectivity index (χ4v) is 2.13. The molecule has 2 rings (SSSR count). The molecule has 2 heterocycles. The molecule has 0 radical (unpaired) electrons. The highest BCUT2D eigenvalue weighted by Gasteiger charge is 2.05. The van der Waals surface area contributed by atoms with E-state index in [1.165, 1.54) is 24.0 Å². The third-order valence-corrected chi connectivity index (χ3v) is 3.12. The molecule has 0 amide bonds. The number of thioether (sulfide) groups is 1. The van der Waals surface area contributed by atoms with Crippen LogP contribution >= 0.6 is 11.8 Å². The zero-order valence-electron chi connectivity index (χ0n) is 9.20. The van der Waals surface area contributed by atoms with Crippen molar-refractivity contribution < 1.29 is 9.90 Å². The maximum Gasteiger partial charge on any atom is 0.335 e. The first-order valence-corrected chi connectivity index (χ1v) is 5.93. The van der Waals surface area contributed by atoms with E-state index in [4.69, 9.17) is 5.11 Å². The highest BCUT2D eigenvalue weighted by Crippen LogP contribution is 2.21. The van der Waals surface area contributed by atoms with E-state index in [9.17, 15) is 4.79 Å². The summed E-state index contributed by atoms with van der Waals surface area (Å²) in [5.74, 6) is -0.209. The third kappa shape index (κ3) is 3.07. The van der Waals surface area contributed by atoms with Gasteiger partial charge in [-0.25, -0.2) is 9.78 Å². The molecule has 0 unspecified atom stereocenters. The number of aromatic nitrogens is 3. The van der Waals surface area contributed by atoms with Crippen LogP contribution in [0.1, 0.15) is 15.9 Å². The van der Waals surface area contributed by atoms with E-state index in [0.29, 0.717) is 5.03 Å². The Morgan fingerprint density at radius 2 is 2.41 bits per heavy atom. The minimum absolute atomic E-state index is 0.258. The van der Waals surface area contributed by atoms with Crippen LogP contribution in [-0.4, -0.2) is 25.8 Å². The number of nitrogens with zero attached hydrogens (tertiary/aromatic N) is 3. The van der Waals surface area contributed by atoms with Crippen LogP contribution in [0, 0.1) is 0 Å². The highest BCUT2D eigenvalue weighted by atomic mass is 32.2. The van der Waals surface area contributed by atoms with Crippen molar-refractivity contribution in [2.75, 3.05) is 0 Å². The maximum absolute atomic E-state index is 10.8. The Labute approximate surface area is 102 Å². The lowest BCUT2D eigenvalue weighted by Crippen LogP contribution is -1.96. The van der Waals surface area contributed by atoms with Gasteiger partial charge in [0.1, 0.15) is 0 Å². The minimum Gasteiger partial charge on any atom is -0.478 e. The Morgan fingerprint density at radius 1 is 1.59 bits per heavy atom. The summed E-state index contributed by atoms with van der Waals surface area (Å²) in [6, 6.07) is 3.06. The molecule has 2 aromatic rings. The molecule has 0 fully saturated rings. The number of carbonyl (C=O) groups is 1. The lowest BCUT2D eigenvalue weighted by atomic mass is 10.3. The van der Waals surface area contributed by atoms with Gasteiger partial charge in [0.15, 0.2) is 0 Å². The number of aromatic carboxylic acids is 1. The molecule has 0 aliphatic rings. The van der Waals surface area contributed by atoms with E-state index in [2.05, 4.69) is 10.1 Å². The summed E-state index contributed by atoms with van der Waals surface area (Å²) < 4.78 is 1.73. The van der Waals surface area contributed by atoms with Crippen LogP contribution in [0.25, 0.3) is 0 Å². The van der Waals surface area contributed by atoms with Gasteiger partial charge in [0.2, 0.25) is 0 Å². The third-order valence-electron chi connectivity index (χ3n) is 2.13. The monoisotopic (exact) mass is 249 g/mol. The molecular weight excluding hydrogens is 238 g/mol. The Hall–Kier alpha value is -1.82. The zero-order valence-corrected chi connectivity index (χ0v) is 10.0. The van der Waals surface area contributed by atoms with Crippen LogP contribution in [0.2, 0.25) is 0 Å². The van der Waals surface area contributed by atoms with E-state index in [1.54, 1.807) is 16.9 Å². The number of carboxylic acids is 1. The standard InChI is InChI=1S/C11H11N3O2S/c1-14-6-8(5-13-14)7-17-10-4-9(11(15)16)2-3-12-10/h2-6H,7H2,1H3,(H,15,16). The molecule has 5 nitrogen and oxygen atoms in total. The average Bonchev–Trinajstić information content (AvgIpc) is 2.73. The summed E-state index contributed by atoms with van der Waals surface area (Å²) in [7, 11) is 1.86. The molecule has 0 saturated heterocycles. The van der Waals surface area contributed by atoms with E-state index < -0.39 is 5.97 Å². The molecule has 0 saturated carbocycles. The molecular formula is C11H11N3O2S. The predicted octanol–water partition coefficient (Wildman–Crippen LogP) is 1.81. The number of pyridine rings is 1. The molecule has 1 N–H and O–H groups in total. The van der Waals surface area contributed by atoms with E-state index in [-0.39, 0.29) is 5.56 Å². The lowest BCUT2D eigenvalue weighted by Gasteiger charge is -2.00.